The first kappa shape index (κ1) is 25.0. The van der Waals surface area contributed by atoms with Crippen LogP contribution in [0.3, 0.4) is 0 Å². The van der Waals surface area contributed by atoms with Crippen LogP contribution in [0.4, 0.5) is 11.4 Å². The number of rotatable bonds is 10. The molecule has 0 aliphatic heterocycles. The number of carbonyl (C=O) groups is 2. The van der Waals surface area contributed by atoms with Crippen LogP contribution in [0.2, 0.25) is 0 Å². The smallest absolute Gasteiger partial charge is 0.253 e. The van der Waals surface area contributed by atoms with Gasteiger partial charge in [0.1, 0.15) is 6.54 Å². The van der Waals surface area contributed by atoms with Gasteiger partial charge in [-0.1, -0.05) is 67.6 Å². The average molecular weight is 480 g/mol. The molecule has 0 heterocycles. The fraction of sp³-hybridized carbons (Fsp3) is 0.231. The highest BCUT2D eigenvalue weighted by atomic mass is 32.2. The molecule has 0 fully saturated rings. The monoisotopic (exact) mass is 479 g/mol. The Balaban J connectivity index is 1.71. The van der Waals surface area contributed by atoms with Crippen molar-refractivity contribution < 1.29 is 18.0 Å². The summed E-state index contributed by atoms with van der Waals surface area (Å²) in [6, 6.07) is 23.5. The first-order valence-corrected chi connectivity index (χ1v) is 12.9. The summed E-state index contributed by atoms with van der Waals surface area (Å²) in [6.45, 7) is 1.96. The summed E-state index contributed by atoms with van der Waals surface area (Å²) < 4.78 is 26.0. The number of aryl methyl sites for hydroxylation is 1. The molecule has 0 saturated carbocycles. The first-order valence-electron chi connectivity index (χ1n) is 11.1. The Kier molecular flexibility index (Phi) is 8.43. The number of amides is 2. The molecule has 3 rings (SSSR count). The van der Waals surface area contributed by atoms with E-state index in [1.807, 2.05) is 49.4 Å². The second-order valence-corrected chi connectivity index (χ2v) is 9.74. The maximum Gasteiger partial charge on any atom is 0.253 e. The number of anilines is 2. The number of hydrogen-bond acceptors (Lipinski definition) is 4. The molecule has 7 nitrogen and oxygen atoms in total. The Morgan fingerprint density at radius 1 is 0.882 bits per heavy atom. The highest BCUT2D eigenvalue weighted by molar-refractivity contribution is 7.92. The second-order valence-electron chi connectivity index (χ2n) is 7.84. The van der Waals surface area contributed by atoms with Crippen molar-refractivity contribution in [3.8, 4) is 0 Å². The Hall–Kier alpha value is -3.65. The van der Waals surface area contributed by atoms with Gasteiger partial charge in [-0.25, -0.2) is 8.42 Å². The zero-order valence-corrected chi connectivity index (χ0v) is 20.1. The van der Waals surface area contributed by atoms with Gasteiger partial charge < -0.3 is 10.6 Å². The van der Waals surface area contributed by atoms with Gasteiger partial charge in [-0.3, -0.25) is 13.9 Å². The molecular formula is C26H29N3O4S. The Bertz CT molecular complexity index is 1240. The normalized spacial score (nSPS) is 11.0. The third-order valence-corrected chi connectivity index (χ3v) is 6.44. The predicted octanol–water partition coefficient (Wildman–Crippen LogP) is 3.63. The van der Waals surface area contributed by atoms with Crippen LogP contribution in [0.1, 0.15) is 28.4 Å². The SMILES string of the molecule is CCc1ccccc1N(CC(=O)Nc1ccccc1C(=O)NCCc1ccccc1)S(C)(=O)=O. The lowest BCUT2D eigenvalue weighted by atomic mass is 10.1. The standard InChI is InChI=1S/C26H29N3O4S/c1-3-21-13-7-10-16-24(21)29(34(2,32)33)19-25(30)28-23-15-9-8-14-22(23)26(31)27-18-17-20-11-5-4-6-12-20/h4-16H,3,17-19H2,1-2H3,(H,27,31)(H,28,30). The van der Waals surface area contributed by atoms with Gasteiger partial charge in [0.05, 0.1) is 23.2 Å². The van der Waals surface area contributed by atoms with Crippen LogP contribution in [-0.2, 0) is 27.7 Å². The molecule has 2 N–H and O–H groups in total. The van der Waals surface area contributed by atoms with Crippen molar-refractivity contribution in [1.29, 1.82) is 0 Å². The lowest BCUT2D eigenvalue weighted by Crippen LogP contribution is -2.38. The maximum atomic E-state index is 12.9. The molecule has 178 valence electrons. The molecule has 0 unspecified atom stereocenters. The molecule has 8 heteroatoms. The molecule has 0 atom stereocenters. The highest BCUT2D eigenvalue weighted by Crippen LogP contribution is 2.24. The fourth-order valence-electron chi connectivity index (χ4n) is 3.60. The lowest BCUT2D eigenvalue weighted by molar-refractivity contribution is -0.114. The van der Waals surface area contributed by atoms with Gasteiger partial charge >= 0.3 is 0 Å². The third kappa shape index (κ3) is 6.68. The van der Waals surface area contributed by atoms with Crippen LogP contribution >= 0.6 is 0 Å². The number of hydrogen-bond donors (Lipinski definition) is 2. The van der Waals surface area contributed by atoms with Crippen LogP contribution in [0.5, 0.6) is 0 Å². The van der Waals surface area contributed by atoms with Crippen molar-refractivity contribution in [2.45, 2.75) is 19.8 Å². The molecule has 0 aliphatic rings. The molecule has 0 spiro atoms. The Labute approximate surface area is 200 Å². The van der Waals surface area contributed by atoms with E-state index in [2.05, 4.69) is 10.6 Å². The van der Waals surface area contributed by atoms with Crippen molar-refractivity contribution in [2.75, 3.05) is 29.0 Å². The molecule has 0 aromatic heterocycles. The van der Waals surface area contributed by atoms with Gasteiger partial charge in [0.15, 0.2) is 0 Å². The van der Waals surface area contributed by atoms with E-state index in [1.54, 1.807) is 36.4 Å². The summed E-state index contributed by atoms with van der Waals surface area (Å²) in [4.78, 5) is 25.6. The van der Waals surface area contributed by atoms with Gasteiger partial charge in [-0.2, -0.15) is 0 Å². The minimum absolute atomic E-state index is 0.309. The summed E-state index contributed by atoms with van der Waals surface area (Å²) in [5.74, 6) is -0.857. The number of benzene rings is 3. The van der Waals surface area contributed by atoms with E-state index >= 15 is 0 Å². The van der Waals surface area contributed by atoms with Crippen molar-refractivity contribution in [1.82, 2.24) is 5.32 Å². The van der Waals surface area contributed by atoms with Crippen LogP contribution < -0.4 is 14.9 Å². The largest absolute Gasteiger partial charge is 0.352 e. The molecule has 34 heavy (non-hydrogen) atoms. The second kappa shape index (κ2) is 11.5. The lowest BCUT2D eigenvalue weighted by Gasteiger charge is -2.24. The molecule has 0 aliphatic carbocycles. The summed E-state index contributed by atoms with van der Waals surface area (Å²) in [5, 5.41) is 5.57. The van der Waals surface area contributed by atoms with Crippen LogP contribution in [-0.4, -0.2) is 39.6 Å². The van der Waals surface area contributed by atoms with Crippen molar-refractivity contribution >= 4 is 33.2 Å². The van der Waals surface area contributed by atoms with Crippen molar-refractivity contribution in [3.63, 3.8) is 0 Å². The van der Waals surface area contributed by atoms with Crippen LogP contribution in [0, 0.1) is 0 Å². The molecule has 3 aromatic carbocycles. The number of nitrogens with zero attached hydrogens (tertiary/aromatic N) is 1. The van der Waals surface area contributed by atoms with Crippen LogP contribution in [0.25, 0.3) is 0 Å². The predicted molar refractivity (Wildman–Crippen MR) is 136 cm³/mol. The Morgan fingerprint density at radius 3 is 2.24 bits per heavy atom. The molecular weight excluding hydrogens is 450 g/mol. The van der Waals surface area contributed by atoms with Crippen molar-refractivity contribution in [2.24, 2.45) is 0 Å². The van der Waals surface area contributed by atoms with Crippen LogP contribution in [0.15, 0.2) is 78.9 Å². The topological polar surface area (TPSA) is 95.6 Å². The average Bonchev–Trinajstić information content (AvgIpc) is 2.83. The molecule has 2 amide bonds. The first-order chi connectivity index (χ1) is 16.3. The van der Waals surface area contributed by atoms with E-state index in [0.29, 0.717) is 36.3 Å². The third-order valence-electron chi connectivity index (χ3n) is 5.32. The van der Waals surface area contributed by atoms with Gasteiger partial charge in [-0.15, -0.1) is 0 Å². The van der Waals surface area contributed by atoms with Crippen molar-refractivity contribution in [3.05, 3.63) is 95.6 Å². The fourth-order valence-corrected chi connectivity index (χ4v) is 4.49. The summed E-state index contributed by atoms with van der Waals surface area (Å²) >= 11 is 0. The number of carbonyl (C=O) groups excluding carboxylic acids is 2. The maximum absolute atomic E-state index is 12.9. The van der Waals surface area contributed by atoms with Gasteiger partial charge in [0.25, 0.3) is 5.91 Å². The minimum Gasteiger partial charge on any atom is -0.352 e. The molecule has 0 saturated heterocycles. The number of para-hydroxylation sites is 2. The van der Waals surface area contributed by atoms with Gasteiger partial charge in [0, 0.05) is 6.54 Å². The summed E-state index contributed by atoms with van der Waals surface area (Å²) in [5.41, 5.74) is 3.02. The Morgan fingerprint density at radius 2 is 1.53 bits per heavy atom. The zero-order chi connectivity index (χ0) is 24.6. The molecule has 0 radical (unpaired) electrons. The van der Waals surface area contributed by atoms with E-state index < -0.39 is 22.5 Å². The van der Waals surface area contributed by atoms with E-state index in [4.69, 9.17) is 0 Å². The minimum atomic E-state index is -3.71. The highest BCUT2D eigenvalue weighted by Gasteiger charge is 2.23. The summed E-state index contributed by atoms with van der Waals surface area (Å²) in [7, 11) is -3.71. The summed E-state index contributed by atoms with van der Waals surface area (Å²) in [6.07, 6.45) is 2.37. The number of nitrogens with one attached hydrogen (secondary N) is 2. The van der Waals surface area contributed by atoms with E-state index in [-0.39, 0.29) is 5.91 Å². The van der Waals surface area contributed by atoms with Gasteiger partial charge in [0.2, 0.25) is 15.9 Å². The van der Waals surface area contributed by atoms with Gasteiger partial charge in [-0.05, 0) is 42.2 Å². The zero-order valence-electron chi connectivity index (χ0n) is 19.3. The molecule has 0 bridgehead atoms. The van der Waals surface area contributed by atoms with E-state index in [9.17, 15) is 18.0 Å². The molecule has 3 aromatic rings. The quantitative estimate of drug-likeness (QED) is 0.464. The number of sulfonamides is 1. The van der Waals surface area contributed by atoms with E-state index in [1.165, 1.54) is 0 Å². The van der Waals surface area contributed by atoms with E-state index in [0.717, 1.165) is 21.7 Å².